The third-order valence-electron chi connectivity index (χ3n) is 3.06. The molecular weight excluding hydrogens is 224 g/mol. The highest BCUT2D eigenvalue weighted by Crippen LogP contribution is 2.48. The number of aromatic nitrogens is 2. The van der Waals surface area contributed by atoms with Crippen LogP contribution in [0.3, 0.4) is 0 Å². The molecule has 1 aromatic heterocycles. The van der Waals surface area contributed by atoms with Crippen molar-refractivity contribution in [1.82, 2.24) is 9.97 Å². The molecule has 0 aromatic carbocycles. The molecule has 0 bridgehead atoms. The molecule has 2 fully saturated rings. The summed E-state index contributed by atoms with van der Waals surface area (Å²) < 4.78 is 0.484. The summed E-state index contributed by atoms with van der Waals surface area (Å²) in [6.45, 7) is 2.06. The molecule has 0 radical (unpaired) electrons. The molecule has 3 heterocycles. The van der Waals surface area contributed by atoms with Crippen LogP contribution in [0.2, 0.25) is 0 Å². The molecule has 1 amide bonds. The second kappa shape index (κ2) is 3.62. The lowest BCUT2D eigenvalue weighted by molar-refractivity contribution is -0.105. The summed E-state index contributed by atoms with van der Waals surface area (Å²) in [5.41, 5.74) is 0. The molecule has 0 aliphatic carbocycles. The normalized spacial score (nSPS) is 21.1. The monoisotopic (exact) mass is 236 g/mol. The summed E-state index contributed by atoms with van der Waals surface area (Å²) in [6, 6.07) is 1.69. The summed E-state index contributed by atoms with van der Waals surface area (Å²) in [5, 5.41) is 2.54. The number of nitrogens with one attached hydrogen (secondary N) is 1. The van der Waals surface area contributed by atoms with Crippen LogP contribution in [-0.4, -0.2) is 40.0 Å². The van der Waals surface area contributed by atoms with Gasteiger partial charge < -0.3 is 10.2 Å². The fraction of sp³-hybridized carbons (Fsp3) is 0.500. The van der Waals surface area contributed by atoms with Crippen LogP contribution in [-0.2, 0) is 4.79 Å². The van der Waals surface area contributed by atoms with E-state index >= 15 is 0 Å². The molecule has 2 aliphatic heterocycles. The minimum atomic E-state index is 0.484. The Balaban J connectivity index is 1.70. The first-order valence-corrected chi connectivity index (χ1v) is 6.22. The minimum Gasteiger partial charge on any atom is -0.338 e. The van der Waals surface area contributed by atoms with E-state index in [1.165, 1.54) is 12.2 Å². The lowest BCUT2D eigenvalue weighted by Gasteiger charge is -2.54. The van der Waals surface area contributed by atoms with E-state index in [0.29, 0.717) is 22.9 Å². The molecule has 84 valence electrons. The Morgan fingerprint density at radius 1 is 1.56 bits per heavy atom. The summed E-state index contributed by atoms with van der Waals surface area (Å²) in [7, 11) is 0. The van der Waals surface area contributed by atoms with E-state index in [1.807, 2.05) is 11.8 Å². The van der Waals surface area contributed by atoms with Crippen molar-refractivity contribution in [2.24, 2.45) is 0 Å². The van der Waals surface area contributed by atoms with Gasteiger partial charge in [-0.05, 0) is 18.2 Å². The summed E-state index contributed by atoms with van der Waals surface area (Å²) in [4.78, 5) is 21.0. The lowest BCUT2D eigenvalue weighted by atomic mass is 9.95. The zero-order valence-electron chi connectivity index (χ0n) is 8.72. The Labute approximate surface area is 97.6 Å². The van der Waals surface area contributed by atoms with Gasteiger partial charge in [0.25, 0.3) is 0 Å². The van der Waals surface area contributed by atoms with Gasteiger partial charge in [0, 0.05) is 19.3 Å². The van der Waals surface area contributed by atoms with E-state index in [0.717, 1.165) is 13.1 Å². The molecule has 1 spiro atoms. The topological polar surface area (TPSA) is 58.1 Å². The van der Waals surface area contributed by atoms with Crippen molar-refractivity contribution in [3.63, 3.8) is 0 Å². The number of nitrogens with zero attached hydrogens (tertiary/aromatic N) is 3. The fourth-order valence-corrected chi connectivity index (χ4v) is 3.35. The van der Waals surface area contributed by atoms with Crippen LogP contribution in [0.4, 0.5) is 11.8 Å². The molecule has 6 heteroatoms. The molecule has 16 heavy (non-hydrogen) atoms. The van der Waals surface area contributed by atoms with Gasteiger partial charge in [-0.1, -0.05) is 0 Å². The van der Waals surface area contributed by atoms with Gasteiger partial charge in [-0.25, -0.2) is 4.98 Å². The van der Waals surface area contributed by atoms with Gasteiger partial charge in [0.1, 0.15) is 5.82 Å². The first-order valence-electron chi connectivity index (χ1n) is 5.23. The van der Waals surface area contributed by atoms with E-state index in [2.05, 4.69) is 20.2 Å². The van der Waals surface area contributed by atoms with Gasteiger partial charge in [0.15, 0.2) is 0 Å². The van der Waals surface area contributed by atoms with Crippen LogP contribution in [0.1, 0.15) is 6.42 Å². The van der Waals surface area contributed by atoms with Crippen molar-refractivity contribution in [2.75, 3.05) is 29.1 Å². The van der Waals surface area contributed by atoms with Crippen molar-refractivity contribution in [2.45, 2.75) is 11.2 Å². The van der Waals surface area contributed by atoms with Gasteiger partial charge in [0.2, 0.25) is 12.4 Å². The molecular formula is C10H12N4OS. The van der Waals surface area contributed by atoms with E-state index in [9.17, 15) is 4.79 Å². The Hall–Kier alpha value is -1.30. The molecule has 1 aromatic rings. The lowest BCUT2D eigenvalue weighted by Crippen LogP contribution is -2.64. The molecule has 3 rings (SSSR count). The number of hydrogen-bond donors (Lipinski definition) is 1. The van der Waals surface area contributed by atoms with Crippen LogP contribution in [0.15, 0.2) is 12.3 Å². The Morgan fingerprint density at radius 2 is 2.38 bits per heavy atom. The van der Waals surface area contributed by atoms with Crippen molar-refractivity contribution in [3.8, 4) is 0 Å². The van der Waals surface area contributed by atoms with Crippen molar-refractivity contribution in [1.29, 1.82) is 0 Å². The van der Waals surface area contributed by atoms with Gasteiger partial charge in [-0.15, -0.1) is 0 Å². The van der Waals surface area contributed by atoms with E-state index < -0.39 is 0 Å². The molecule has 0 unspecified atom stereocenters. The molecule has 2 saturated heterocycles. The molecule has 0 saturated carbocycles. The highest BCUT2D eigenvalue weighted by molar-refractivity contribution is 8.02. The summed E-state index contributed by atoms with van der Waals surface area (Å²) >= 11 is 2.04. The quantitative estimate of drug-likeness (QED) is 0.784. The predicted molar refractivity (Wildman–Crippen MR) is 63.7 cm³/mol. The smallest absolute Gasteiger partial charge is 0.227 e. The summed E-state index contributed by atoms with van der Waals surface area (Å²) in [6.07, 6.45) is 3.61. The average Bonchev–Trinajstić information content (AvgIpc) is 2.14. The molecule has 0 atom stereocenters. The zero-order valence-corrected chi connectivity index (χ0v) is 9.54. The average molecular weight is 236 g/mol. The van der Waals surface area contributed by atoms with Crippen molar-refractivity contribution in [3.05, 3.63) is 12.3 Å². The highest BCUT2D eigenvalue weighted by atomic mass is 32.2. The number of anilines is 2. The van der Waals surface area contributed by atoms with Crippen LogP contribution < -0.4 is 10.2 Å². The van der Waals surface area contributed by atoms with Gasteiger partial charge >= 0.3 is 0 Å². The van der Waals surface area contributed by atoms with Crippen molar-refractivity contribution >= 4 is 29.9 Å². The number of thioether (sulfide) groups is 1. The second-order valence-electron chi connectivity index (χ2n) is 4.14. The number of carbonyl (C=O) groups is 1. The molecule has 5 nitrogen and oxygen atoms in total. The van der Waals surface area contributed by atoms with E-state index in [4.69, 9.17) is 0 Å². The standard InChI is InChI=1S/C10H12N4OS/c15-7-12-8-1-3-11-9(13-8)14-5-10(6-14)2-4-16-10/h1,3,7H,2,4-6H2,(H,11,12,13,15). The maximum Gasteiger partial charge on any atom is 0.227 e. The van der Waals surface area contributed by atoms with Gasteiger partial charge in [-0.3, -0.25) is 4.79 Å². The van der Waals surface area contributed by atoms with Gasteiger partial charge in [-0.2, -0.15) is 16.7 Å². The first kappa shape index (κ1) is 9.89. The summed E-state index contributed by atoms with van der Waals surface area (Å²) in [5.74, 6) is 2.55. The van der Waals surface area contributed by atoms with Crippen molar-refractivity contribution < 1.29 is 4.79 Å². The predicted octanol–water partition coefficient (Wildman–Crippen LogP) is 0.741. The fourth-order valence-electron chi connectivity index (χ4n) is 2.07. The first-order chi connectivity index (χ1) is 7.81. The third kappa shape index (κ3) is 1.53. The van der Waals surface area contributed by atoms with Crippen LogP contribution in [0.5, 0.6) is 0 Å². The van der Waals surface area contributed by atoms with Crippen LogP contribution >= 0.6 is 11.8 Å². The number of amides is 1. The minimum absolute atomic E-state index is 0.484. The Morgan fingerprint density at radius 3 is 3.00 bits per heavy atom. The SMILES string of the molecule is O=CNc1ccnc(N2CC3(CCS3)C2)n1. The zero-order chi connectivity index (χ0) is 11.0. The third-order valence-corrected chi connectivity index (χ3v) is 4.54. The number of carbonyl (C=O) groups excluding carboxylic acids is 1. The maximum absolute atomic E-state index is 10.3. The Bertz CT molecular complexity index is 413. The molecule has 2 aliphatic rings. The van der Waals surface area contributed by atoms with E-state index in [-0.39, 0.29) is 0 Å². The van der Waals surface area contributed by atoms with Crippen LogP contribution in [0, 0.1) is 0 Å². The molecule has 1 N–H and O–H groups in total. The largest absolute Gasteiger partial charge is 0.338 e. The van der Waals surface area contributed by atoms with E-state index in [1.54, 1.807) is 12.3 Å². The van der Waals surface area contributed by atoms with Crippen LogP contribution in [0.25, 0.3) is 0 Å². The number of rotatable bonds is 3. The maximum atomic E-state index is 10.3. The second-order valence-corrected chi connectivity index (χ2v) is 5.70. The Kier molecular flexibility index (Phi) is 2.24. The highest BCUT2D eigenvalue weighted by Gasteiger charge is 2.49. The number of hydrogen-bond acceptors (Lipinski definition) is 5. The van der Waals surface area contributed by atoms with Gasteiger partial charge in [0.05, 0.1) is 4.75 Å².